The number of methoxy groups -OCH3 is 1. The Bertz CT molecular complexity index is 1130. The lowest BCUT2D eigenvalue weighted by atomic mass is 10.1. The number of benzene rings is 3. The predicted molar refractivity (Wildman–Crippen MR) is 124 cm³/mol. The van der Waals surface area contributed by atoms with E-state index in [1.54, 1.807) is 19.2 Å². The largest absolute Gasteiger partial charge is 0.497 e. The molecule has 0 saturated heterocycles. The summed E-state index contributed by atoms with van der Waals surface area (Å²) in [6, 6.07) is 22.9. The van der Waals surface area contributed by atoms with Gasteiger partial charge in [0.05, 0.1) is 17.7 Å². The quantitative estimate of drug-likeness (QED) is 0.554. The van der Waals surface area contributed by atoms with Crippen molar-refractivity contribution in [1.29, 1.82) is 0 Å². The fourth-order valence-electron chi connectivity index (χ4n) is 3.22. The van der Waals surface area contributed by atoms with Crippen LogP contribution >= 0.6 is 11.8 Å². The van der Waals surface area contributed by atoms with Crippen LogP contribution in [0.25, 0.3) is 6.08 Å². The summed E-state index contributed by atoms with van der Waals surface area (Å²) in [6.07, 6.45) is 2.61. The number of carbonyl (C=O) groups excluding carboxylic acids is 2. The maximum atomic E-state index is 12.6. The highest BCUT2D eigenvalue weighted by molar-refractivity contribution is 8.04. The number of ether oxygens (including phenoxy) is 1. The zero-order valence-electron chi connectivity index (χ0n) is 17.1. The molecule has 3 aromatic rings. The van der Waals surface area contributed by atoms with Crippen LogP contribution in [0.3, 0.4) is 0 Å². The van der Waals surface area contributed by atoms with Gasteiger partial charge < -0.3 is 15.4 Å². The van der Waals surface area contributed by atoms with E-state index in [0.717, 1.165) is 22.6 Å². The number of anilines is 1. The summed E-state index contributed by atoms with van der Waals surface area (Å²) in [7, 11) is 1.62. The van der Waals surface area contributed by atoms with Crippen molar-refractivity contribution in [2.45, 2.75) is 11.3 Å². The highest BCUT2D eigenvalue weighted by atomic mass is 32.2. The van der Waals surface area contributed by atoms with Gasteiger partial charge in [0.1, 0.15) is 5.75 Å². The molecule has 3 aromatic carbocycles. The van der Waals surface area contributed by atoms with Crippen molar-refractivity contribution in [2.24, 2.45) is 0 Å². The number of fused-ring (bicyclic) bond motifs is 1. The zero-order valence-corrected chi connectivity index (χ0v) is 17.9. The molecule has 6 heteroatoms. The van der Waals surface area contributed by atoms with Gasteiger partial charge in [0, 0.05) is 17.0 Å². The SMILES string of the molecule is COc1ccc(C=C2Sc3ccc(C(=O)NCCc4ccccc4)cc3NC2=O)cc1. The molecule has 0 radical (unpaired) electrons. The van der Waals surface area contributed by atoms with Gasteiger partial charge in [0.2, 0.25) is 0 Å². The molecule has 0 aromatic heterocycles. The number of hydrogen-bond donors (Lipinski definition) is 2. The van der Waals surface area contributed by atoms with Crippen molar-refractivity contribution in [3.8, 4) is 5.75 Å². The van der Waals surface area contributed by atoms with Crippen LogP contribution in [-0.4, -0.2) is 25.5 Å². The fraction of sp³-hybridized carbons (Fsp3) is 0.120. The molecule has 5 nitrogen and oxygen atoms in total. The van der Waals surface area contributed by atoms with Crippen molar-refractivity contribution in [2.75, 3.05) is 19.0 Å². The molecule has 0 fully saturated rings. The third-order valence-electron chi connectivity index (χ3n) is 4.89. The van der Waals surface area contributed by atoms with Crippen LogP contribution in [-0.2, 0) is 11.2 Å². The van der Waals surface area contributed by atoms with Crippen LogP contribution in [0.5, 0.6) is 5.75 Å². The van der Waals surface area contributed by atoms with E-state index in [9.17, 15) is 9.59 Å². The first-order valence-electron chi connectivity index (χ1n) is 9.93. The molecule has 0 unspecified atom stereocenters. The van der Waals surface area contributed by atoms with E-state index in [0.29, 0.717) is 22.7 Å². The lowest BCUT2D eigenvalue weighted by Crippen LogP contribution is -2.26. The third-order valence-corrected chi connectivity index (χ3v) is 5.99. The number of carbonyl (C=O) groups is 2. The van der Waals surface area contributed by atoms with E-state index in [1.807, 2.05) is 66.7 Å². The molecule has 31 heavy (non-hydrogen) atoms. The summed E-state index contributed by atoms with van der Waals surface area (Å²) in [6.45, 7) is 0.551. The van der Waals surface area contributed by atoms with Crippen molar-refractivity contribution in [3.63, 3.8) is 0 Å². The van der Waals surface area contributed by atoms with Crippen LogP contribution in [0.2, 0.25) is 0 Å². The van der Waals surface area contributed by atoms with Crippen LogP contribution in [0, 0.1) is 0 Å². The molecule has 1 aliphatic rings. The molecule has 2 N–H and O–H groups in total. The first kappa shape index (κ1) is 20.8. The van der Waals surface area contributed by atoms with Gasteiger partial charge >= 0.3 is 0 Å². The Kier molecular flexibility index (Phi) is 6.38. The predicted octanol–water partition coefficient (Wildman–Crippen LogP) is 4.75. The summed E-state index contributed by atoms with van der Waals surface area (Å²) < 4.78 is 5.17. The maximum Gasteiger partial charge on any atom is 0.262 e. The van der Waals surface area contributed by atoms with E-state index >= 15 is 0 Å². The van der Waals surface area contributed by atoms with Gasteiger partial charge in [-0.2, -0.15) is 0 Å². The van der Waals surface area contributed by atoms with Gasteiger partial charge in [-0.05, 0) is 54.0 Å². The summed E-state index contributed by atoms with van der Waals surface area (Å²) in [4.78, 5) is 26.6. The Morgan fingerprint density at radius 2 is 1.84 bits per heavy atom. The van der Waals surface area contributed by atoms with Crippen LogP contribution in [0.1, 0.15) is 21.5 Å². The van der Waals surface area contributed by atoms with E-state index in [4.69, 9.17) is 4.74 Å². The standard InChI is InChI=1S/C25H22N2O3S/c1-30-20-10-7-18(8-11-20)15-23-25(29)27-21-16-19(9-12-22(21)31-23)24(28)26-14-13-17-5-3-2-4-6-17/h2-12,15-16H,13-14H2,1H3,(H,26,28)(H,27,29). The molecule has 0 aliphatic carbocycles. The third kappa shape index (κ3) is 5.16. The van der Waals surface area contributed by atoms with Gasteiger partial charge in [0.15, 0.2) is 0 Å². The van der Waals surface area contributed by atoms with E-state index in [-0.39, 0.29) is 11.8 Å². The Hall–Kier alpha value is -3.51. The normalized spacial score (nSPS) is 14.0. The topological polar surface area (TPSA) is 67.4 Å². The fourth-order valence-corrected chi connectivity index (χ4v) is 4.15. The molecular weight excluding hydrogens is 408 g/mol. The molecule has 1 heterocycles. The molecule has 2 amide bonds. The molecule has 0 bridgehead atoms. The number of nitrogens with one attached hydrogen (secondary N) is 2. The number of hydrogen-bond acceptors (Lipinski definition) is 4. The maximum absolute atomic E-state index is 12.6. The van der Waals surface area contributed by atoms with Crippen molar-refractivity contribution in [3.05, 3.63) is 94.4 Å². The number of thioether (sulfide) groups is 1. The minimum absolute atomic E-state index is 0.155. The van der Waals surface area contributed by atoms with Crippen LogP contribution < -0.4 is 15.4 Å². The highest BCUT2D eigenvalue weighted by Crippen LogP contribution is 2.39. The average Bonchev–Trinajstić information content (AvgIpc) is 2.80. The summed E-state index contributed by atoms with van der Waals surface area (Å²) >= 11 is 1.39. The highest BCUT2D eigenvalue weighted by Gasteiger charge is 2.22. The second-order valence-electron chi connectivity index (χ2n) is 7.04. The molecule has 4 rings (SSSR count). The van der Waals surface area contributed by atoms with E-state index in [2.05, 4.69) is 10.6 Å². The Morgan fingerprint density at radius 1 is 1.06 bits per heavy atom. The van der Waals surface area contributed by atoms with Gasteiger partial charge in [-0.15, -0.1) is 0 Å². The smallest absolute Gasteiger partial charge is 0.262 e. The van der Waals surface area contributed by atoms with Gasteiger partial charge in [-0.3, -0.25) is 9.59 Å². The molecule has 0 atom stereocenters. The monoisotopic (exact) mass is 430 g/mol. The first-order chi connectivity index (χ1) is 15.1. The van der Waals surface area contributed by atoms with Crippen molar-refractivity contribution in [1.82, 2.24) is 5.32 Å². The first-order valence-corrected chi connectivity index (χ1v) is 10.7. The molecule has 156 valence electrons. The Labute approximate surface area is 185 Å². The van der Waals surface area contributed by atoms with Crippen molar-refractivity contribution >= 4 is 35.3 Å². The summed E-state index contributed by atoms with van der Waals surface area (Å²) in [5.74, 6) is 0.426. The van der Waals surface area contributed by atoms with E-state index < -0.39 is 0 Å². The molecule has 1 aliphatic heterocycles. The number of rotatable bonds is 6. The second-order valence-corrected chi connectivity index (χ2v) is 8.12. The van der Waals surface area contributed by atoms with Gasteiger partial charge in [-0.1, -0.05) is 54.2 Å². The average molecular weight is 431 g/mol. The minimum atomic E-state index is -0.185. The van der Waals surface area contributed by atoms with Crippen LogP contribution in [0.15, 0.2) is 82.6 Å². The van der Waals surface area contributed by atoms with Crippen molar-refractivity contribution < 1.29 is 14.3 Å². The molecule has 0 saturated carbocycles. The Morgan fingerprint density at radius 3 is 2.58 bits per heavy atom. The molecule has 0 spiro atoms. The number of amides is 2. The summed E-state index contributed by atoms with van der Waals surface area (Å²) in [5.41, 5.74) is 3.26. The molecular formula is C25H22N2O3S. The zero-order chi connectivity index (χ0) is 21.6. The second kappa shape index (κ2) is 9.53. The summed E-state index contributed by atoms with van der Waals surface area (Å²) in [5, 5.41) is 5.83. The lowest BCUT2D eigenvalue weighted by Gasteiger charge is -2.19. The Balaban J connectivity index is 1.42. The van der Waals surface area contributed by atoms with E-state index in [1.165, 1.54) is 17.3 Å². The van der Waals surface area contributed by atoms with Crippen LogP contribution in [0.4, 0.5) is 5.69 Å². The van der Waals surface area contributed by atoms with Gasteiger partial charge in [0.25, 0.3) is 11.8 Å². The lowest BCUT2D eigenvalue weighted by molar-refractivity contribution is -0.112. The minimum Gasteiger partial charge on any atom is -0.497 e. The van der Waals surface area contributed by atoms with Gasteiger partial charge in [-0.25, -0.2) is 0 Å².